The maximum Gasteiger partial charge on any atom is 0.252 e. The number of rotatable bonds is 5. The first-order valence-electron chi connectivity index (χ1n) is 30.4. The smallest absolute Gasteiger partial charge is 0.252 e. The molecule has 0 saturated heterocycles. The van der Waals surface area contributed by atoms with Crippen LogP contribution in [-0.4, -0.2) is 25.4 Å². The van der Waals surface area contributed by atoms with Crippen molar-refractivity contribution in [1.29, 1.82) is 0 Å². The number of fused-ring (bicyclic) bond motifs is 14. The van der Waals surface area contributed by atoms with E-state index in [0.717, 1.165) is 55.5 Å². The molecule has 412 valence electrons. The van der Waals surface area contributed by atoms with E-state index in [4.69, 9.17) is 9.40 Å². The standard InChI is InChI=1S/C77H75BN4O/c1-42(2)49-22-19-23-50(43(3)4)68(49)82-64-29-18-17-28-61(64)79-73(82)54-27-21-26-53-52-25-20-24-51(71(52)83-72(53)54)44-34-65-67-66(35-44)81-63-33-31-46(75(8,9)10)37-56(63)58-39-48(77(14,15)16)41-60(70(58)81)78(67)59-40-47(76(11,12)13)38-57-55-36-45(74(5,6)7)30-32-62(55)80(65)69(57)59/h17-43H,1-16H3. The van der Waals surface area contributed by atoms with Crippen LogP contribution in [0.25, 0.3) is 116 Å². The molecule has 0 atom stereocenters. The molecule has 0 unspecified atom stereocenters. The van der Waals surface area contributed by atoms with Gasteiger partial charge in [0.25, 0.3) is 6.71 Å². The molecule has 0 spiro atoms. The van der Waals surface area contributed by atoms with Gasteiger partial charge in [-0.3, -0.25) is 4.57 Å². The Bertz CT molecular complexity index is 4750. The molecular formula is C77H75BN4O. The zero-order valence-corrected chi connectivity index (χ0v) is 51.4. The number of aromatic nitrogens is 4. The van der Waals surface area contributed by atoms with Gasteiger partial charge in [-0.05, 0) is 156 Å². The van der Waals surface area contributed by atoms with Gasteiger partial charge in [-0.2, -0.15) is 0 Å². The van der Waals surface area contributed by atoms with Crippen molar-refractivity contribution in [3.8, 4) is 39.6 Å². The maximum atomic E-state index is 7.57. The second-order valence-corrected chi connectivity index (χ2v) is 29.2. The van der Waals surface area contributed by atoms with Gasteiger partial charge in [-0.1, -0.05) is 196 Å². The van der Waals surface area contributed by atoms with Crippen molar-refractivity contribution < 1.29 is 4.42 Å². The minimum atomic E-state index is -0.0867. The maximum absolute atomic E-state index is 7.57. The molecule has 0 saturated carbocycles. The molecule has 2 aliphatic rings. The molecular weight excluding hydrogens is 1010 g/mol. The molecule has 0 bridgehead atoms. The van der Waals surface area contributed by atoms with E-state index in [9.17, 15) is 0 Å². The van der Waals surface area contributed by atoms with Crippen LogP contribution in [0, 0.1) is 0 Å². The fraction of sp³-hybridized carbons (Fsp3) is 0.286. The Morgan fingerprint density at radius 2 is 0.867 bits per heavy atom. The van der Waals surface area contributed by atoms with Crippen molar-refractivity contribution in [2.45, 2.75) is 144 Å². The Hall–Kier alpha value is -8.09. The van der Waals surface area contributed by atoms with E-state index in [1.807, 2.05) is 0 Å². The predicted octanol–water partition coefficient (Wildman–Crippen LogP) is 19.0. The van der Waals surface area contributed by atoms with E-state index in [0.29, 0.717) is 11.8 Å². The van der Waals surface area contributed by atoms with Crippen LogP contribution in [0.4, 0.5) is 0 Å². The average molecular weight is 1080 g/mol. The van der Waals surface area contributed by atoms with Crippen molar-refractivity contribution in [3.63, 3.8) is 0 Å². The van der Waals surface area contributed by atoms with Crippen LogP contribution < -0.4 is 16.4 Å². The van der Waals surface area contributed by atoms with Crippen LogP contribution in [0.1, 0.15) is 156 Å². The minimum absolute atomic E-state index is 0.0257. The molecule has 2 aliphatic heterocycles. The van der Waals surface area contributed by atoms with Crippen LogP contribution in [0.5, 0.6) is 0 Å². The fourth-order valence-corrected chi connectivity index (χ4v) is 14.4. The summed E-state index contributed by atoms with van der Waals surface area (Å²) in [7, 11) is 0. The molecule has 5 nitrogen and oxygen atoms in total. The van der Waals surface area contributed by atoms with Gasteiger partial charge in [-0.15, -0.1) is 0 Å². The van der Waals surface area contributed by atoms with Gasteiger partial charge in [-0.25, -0.2) is 4.98 Å². The van der Waals surface area contributed by atoms with E-state index in [1.165, 1.54) is 110 Å². The van der Waals surface area contributed by atoms with Crippen molar-refractivity contribution >= 4 is 99.7 Å². The van der Waals surface area contributed by atoms with Crippen molar-refractivity contribution in [3.05, 3.63) is 185 Å². The van der Waals surface area contributed by atoms with Crippen molar-refractivity contribution in [2.24, 2.45) is 0 Å². The quantitative estimate of drug-likeness (QED) is 0.161. The molecule has 4 aromatic heterocycles. The van der Waals surface area contributed by atoms with E-state index in [1.54, 1.807) is 0 Å². The van der Waals surface area contributed by atoms with Gasteiger partial charge in [0.1, 0.15) is 17.0 Å². The van der Waals surface area contributed by atoms with E-state index in [2.05, 4.69) is 276 Å². The highest BCUT2D eigenvalue weighted by atomic mass is 16.3. The Labute approximate surface area is 489 Å². The molecule has 0 aliphatic carbocycles. The summed E-state index contributed by atoms with van der Waals surface area (Å²) >= 11 is 0. The van der Waals surface area contributed by atoms with Crippen LogP contribution in [0.3, 0.4) is 0 Å². The minimum Gasteiger partial charge on any atom is -0.455 e. The number of nitrogens with zero attached hydrogens (tertiary/aromatic N) is 4. The zero-order chi connectivity index (χ0) is 57.9. The number of hydrogen-bond donors (Lipinski definition) is 0. The van der Waals surface area contributed by atoms with Crippen molar-refractivity contribution in [2.75, 3.05) is 0 Å². The summed E-state index contributed by atoms with van der Waals surface area (Å²) in [6.07, 6.45) is 0. The molecule has 0 amide bonds. The third kappa shape index (κ3) is 7.42. The summed E-state index contributed by atoms with van der Waals surface area (Å²) in [5, 5.41) is 7.42. The average Bonchev–Trinajstić information content (AvgIpc) is 1.83. The Morgan fingerprint density at radius 1 is 0.410 bits per heavy atom. The van der Waals surface area contributed by atoms with Gasteiger partial charge >= 0.3 is 0 Å². The number of imidazole rings is 1. The summed E-state index contributed by atoms with van der Waals surface area (Å²) in [6, 6.07) is 58.7. The summed E-state index contributed by atoms with van der Waals surface area (Å²) in [5.74, 6) is 1.48. The van der Waals surface area contributed by atoms with E-state index >= 15 is 0 Å². The largest absolute Gasteiger partial charge is 0.455 e. The molecule has 0 N–H and O–H groups in total. The lowest BCUT2D eigenvalue weighted by molar-refractivity contribution is 0.590. The molecule has 83 heavy (non-hydrogen) atoms. The zero-order valence-electron chi connectivity index (χ0n) is 51.4. The third-order valence-corrected chi connectivity index (χ3v) is 19.0. The highest BCUT2D eigenvalue weighted by molar-refractivity contribution is 7.00. The van der Waals surface area contributed by atoms with Gasteiger partial charge < -0.3 is 13.6 Å². The molecule has 0 fully saturated rings. The second-order valence-electron chi connectivity index (χ2n) is 29.2. The highest BCUT2D eigenvalue weighted by Gasteiger charge is 2.43. The molecule has 9 aromatic carbocycles. The van der Waals surface area contributed by atoms with E-state index in [-0.39, 0.29) is 28.4 Å². The summed E-state index contributed by atoms with van der Waals surface area (Å²) in [4.78, 5) is 5.53. The van der Waals surface area contributed by atoms with Crippen LogP contribution in [0.2, 0.25) is 0 Å². The number of hydrogen-bond acceptors (Lipinski definition) is 2. The molecule has 0 radical (unpaired) electrons. The third-order valence-electron chi connectivity index (χ3n) is 19.0. The Morgan fingerprint density at radius 3 is 1.36 bits per heavy atom. The van der Waals surface area contributed by atoms with Gasteiger partial charge in [0.2, 0.25) is 0 Å². The highest BCUT2D eigenvalue weighted by Crippen LogP contribution is 2.48. The molecule has 6 heteroatoms. The number of furan rings is 1. The molecule has 15 rings (SSSR count). The number of benzene rings is 9. The first kappa shape index (κ1) is 51.8. The molecule has 6 heterocycles. The van der Waals surface area contributed by atoms with Crippen LogP contribution >= 0.6 is 0 Å². The van der Waals surface area contributed by atoms with Gasteiger partial charge in [0, 0.05) is 60.3 Å². The first-order valence-corrected chi connectivity index (χ1v) is 30.4. The summed E-state index contributed by atoms with van der Waals surface area (Å²) in [6.45, 7) is 37.5. The van der Waals surface area contributed by atoms with Gasteiger partial charge in [0.05, 0.1) is 33.3 Å². The summed E-state index contributed by atoms with van der Waals surface area (Å²) in [5.41, 5.74) is 27.6. The Balaban J connectivity index is 1.07. The predicted molar refractivity (Wildman–Crippen MR) is 356 cm³/mol. The van der Waals surface area contributed by atoms with E-state index < -0.39 is 0 Å². The SMILES string of the molecule is CC(C)c1cccc(C(C)C)c1-n1c(-c2cccc3c2oc2c(-c4cc5c6c(c4)-n4c7ccc(C(C)(C)C)cc7c7cc(C(C)(C)C)cc(c74)B6c4cc(C(C)(C)C)cc6c7cc(C(C)(C)C)ccc7n-5c46)cccc23)nc2ccccc21. The molecule has 13 aromatic rings. The fourth-order valence-electron chi connectivity index (χ4n) is 14.4. The van der Waals surface area contributed by atoms with Gasteiger partial charge in [0.15, 0.2) is 0 Å². The first-order chi connectivity index (χ1) is 39.4. The topological polar surface area (TPSA) is 40.8 Å². The normalized spacial score (nSPS) is 13.7. The van der Waals surface area contributed by atoms with Crippen LogP contribution in [-0.2, 0) is 21.7 Å². The lowest BCUT2D eigenvalue weighted by Crippen LogP contribution is -2.59. The monoisotopic (exact) mass is 1080 g/mol. The lowest BCUT2D eigenvalue weighted by Gasteiger charge is -2.36. The summed E-state index contributed by atoms with van der Waals surface area (Å²) < 4.78 is 15.3. The van der Waals surface area contributed by atoms with Crippen molar-refractivity contribution in [1.82, 2.24) is 18.7 Å². The second kappa shape index (κ2) is 17.3. The lowest BCUT2D eigenvalue weighted by atomic mass is 9.34. The number of para-hydroxylation sites is 5. The Kier molecular flexibility index (Phi) is 10.8. The van der Waals surface area contributed by atoms with Crippen LogP contribution in [0.15, 0.2) is 156 Å².